The molecule has 0 spiro atoms. The first kappa shape index (κ1) is 15.7. The highest BCUT2D eigenvalue weighted by atomic mass is 28.4. The van der Waals surface area contributed by atoms with Crippen LogP contribution in [-0.4, -0.2) is 14.9 Å². The lowest BCUT2D eigenvalue weighted by molar-refractivity contribution is 0.321. The number of rotatable bonds is 5. The van der Waals surface area contributed by atoms with Crippen LogP contribution in [0.15, 0.2) is 24.3 Å². The lowest BCUT2D eigenvalue weighted by Gasteiger charge is -2.36. The van der Waals surface area contributed by atoms with E-state index in [0.29, 0.717) is 12.5 Å². The highest BCUT2D eigenvalue weighted by Gasteiger charge is 2.36. The Hall–Kier alpha value is -0.343. The molecule has 0 aromatic carbocycles. The molecule has 0 aliphatic rings. The summed E-state index contributed by atoms with van der Waals surface area (Å²) in [5.41, 5.74) is 1.21. The average Bonchev–Trinajstić information content (AvgIpc) is 2.09. The predicted molar refractivity (Wildman–Crippen MR) is 76.3 cm³/mol. The monoisotopic (exact) mass is 240 g/mol. The Morgan fingerprint density at radius 2 is 1.81 bits per heavy atom. The van der Waals surface area contributed by atoms with Crippen LogP contribution in [0.5, 0.6) is 0 Å². The zero-order valence-corrected chi connectivity index (χ0v) is 13.1. The first-order valence-electron chi connectivity index (χ1n) is 6.07. The van der Waals surface area contributed by atoms with Gasteiger partial charge in [-0.15, -0.1) is 0 Å². The van der Waals surface area contributed by atoms with Gasteiger partial charge in [0.25, 0.3) is 0 Å². The summed E-state index contributed by atoms with van der Waals surface area (Å²) in [6, 6.07) is 0. The lowest BCUT2D eigenvalue weighted by Crippen LogP contribution is -2.41. The molecule has 94 valence electrons. The molecule has 0 aromatic heterocycles. The first-order chi connectivity index (χ1) is 7.10. The summed E-state index contributed by atoms with van der Waals surface area (Å²) < 4.78 is 6.15. The maximum atomic E-state index is 6.15. The molecule has 1 nitrogen and oxygen atoms in total. The molecule has 0 saturated heterocycles. The fraction of sp³-hybridized carbons (Fsp3) is 0.714. The second-order valence-corrected chi connectivity index (χ2v) is 11.0. The summed E-state index contributed by atoms with van der Waals surface area (Å²) in [7, 11) is -1.62. The van der Waals surface area contributed by atoms with Gasteiger partial charge in [-0.3, -0.25) is 0 Å². The van der Waals surface area contributed by atoms with Gasteiger partial charge in [0.2, 0.25) is 0 Å². The highest BCUT2D eigenvalue weighted by Crippen LogP contribution is 2.36. The second kappa shape index (κ2) is 5.83. The Labute approximate surface area is 103 Å². The molecular formula is C14H28OSi. The van der Waals surface area contributed by atoms with E-state index in [4.69, 9.17) is 4.43 Å². The molecule has 0 amide bonds. The third-order valence-corrected chi connectivity index (χ3v) is 7.69. The largest absolute Gasteiger partial charge is 0.413 e. The molecule has 0 saturated carbocycles. The fourth-order valence-corrected chi connectivity index (χ4v) is 2.04. The van der Waals surface area contributed by atoms with E-state index in [1.807, 2.05) is 6.08 Å². The SMILES string of the molecule is C=CC(=CC(C)C)CO[Si](C)(C)C(C)(C)C. The minimum absolute atomic E-state index is 0.275. The van der Waals surface area contributed by atoms with Gasteiger partial charge in [-0.1, -0.05) is 53.3 Å². The van der Waals surface area contributed by atoms with Gasteiger partial charge in [-0.05, 0) is 29.6 Å². The van der Waals surface area contributed by atoms with Gasteiger partial charge >= 0.3 is 0 Å². The Kier molecular flexibility index (Phi) is 5.70. The molecule has 0 aliphatic heterocycles. The van der Waals surface area contributed by atoms with E-state index in [2.05, 4.69) is 60.4 Å². The summed E-state index contributed by atoms with van der Waals surface area (Å²) in [6.45, 7) is 20.3. The molecule has 0 fully saturated rings. The van der Waals surface area contributed by atoms with Gasteiger partial charge in [0.1, 0.15) is 0 Å². The van der Waals surface area contributed by atoms with E-state index in [0.717, 1.165) is 0 Å². The van der Waals surface area contributed by atoms with Crippen molar-refractivity contribution < 1.29 is 4.43 Å². The molecule has 0 aromatic rings. The second-order valence-electron chi connectivity index (χ2n) is 6.24. The van der Waals surface area contributed by atoms with Crippen molar-refractivity contribution in [1.29, 1.82) is 0 Å². The molecule has 0 bridgehead atoms. The molecule has 16 heavy (non-hydrogen) atoms. The van der Waals surface area contributed by atoms with Crippen molar-refractivity contribution >= 4 is 8.32 Å². The molecular weight excluding hydrogens is 212 g/mol. The van der Waals surface area contributed by atoms with Crippen molar-refractivity contribution in [3.63, 3.8) is 0 Å². The summed E-state index contributed by atoms with van der Waals surface area (Å²) in [5, 5.41) is 0.275. The molecule has 0 rings (SSSR count). The standard InChI is InChI=1S/C14H28OSi/c1-9-13(10-12(2)3)11-15-16(7,8)14(4,5)6/h9-10,12H,1,11H2,2-8H3. The molecule has 0 radical (unpaired) electrons. The molecule has 2 heteroatoms. The number of hydrogen-bond donors (Lipinski definition) is 0. The fourth-order valence-electron chi connectivity index (χ4n) is 1.08. The van der Waals surface area contributed by atoms with Gasteiger partial charge in [0, 0.05) is 0 Å². The van der Waals surface area contributed by atoms with E-state index in [1.165, 1.54) is 5.57 Å². The molecule has 0 atom stereocenters. The zero-order valence-electron chi connectivity index (χ0n) is 12.1. The highest BCUT2D eigenvalue weighted by molar-refractivity contribution is 6.74. The summed E-state index contributed by atoms with van der Waals surface area (Å²) in [6.07, 6.45) is 4.13. The Balaban J connectivity index is 4.49. The van der Waals surface area contributed by atoms with Crippen molar-refractivity contribution in [1.82, 2.24) is 0 Å². The smallest absolute Gasteiger partial charge is 0.192 e. The maximum Gasteiger partial charge on any atom is 0.192 e. The quantitative estimate of drug-likeness (QED) is 0.496. The number of allylic oxidation sites excluding steroid dienone is 1. The minimum Gasteiger partial charge on any atom is -0.413 e. The first-order valence-corrected chi connectivity index (χ1v) is 8.98. The van der Waals surface area contributed by atoms with E-state index < -0.39 is 8.32 Å². The molecule has 0 heterocycles. The Morgan fingerprint density at radius 1 is 1.31 bits per heavy atom. The van der Waals surface area contributed by atoms with Crippen LogP contribution < -0.4 is 0 Å². The zero-order chi connectivity index (χ0) is 13.0. The third-order valence-electron chi connectivity index (χ3n) is 3.22. The average molecular weight is 240 g/mol. The van der Waals surface area contributed by atoms with Gasteiger partial charge < -0.3 is 4.43 Å². The van der Waals surface area contributed by atoms with Crippen LogP contribution in [0.4, 0.5) is 0 Å². The Morgan fingerprint density at radius 3 is 2.12 bits per heavy atom. The summed E-state index contributed by atoms with van der Waals surface area (Å²) >= 11 is 0. The van der Waals surface area contributed by atoms with Crippen LogP contribution in [-0.2, 0) is 4.43 Å². The van der Waals surface area contributed by atoms with Crippen LogP contribution in [0.3, 0.4) is 0 Å². The van der Waals surface area contributed by atoms with E-state index in [1.54, 1.807) is 0 Å². The van der Waals surface area contributed by atoms with E-state index >= 15 is 0 Å². The van der Waals surface area contributed by atoms with Crippen molar-refractivity contribution in [2.75, 3.05) is 6.61 Å². The predicted octanol–water partition coefficient (Wildman–Crippen LogP) is 4.78. The normalized spacial score (nSPS) is 14.4. The van der Waals surface area contributed by atoms with Crippen molar-refractivity contribution in [3.05, 3.63) is 24.3 Å². The maximum absolute atomic E-state index is 6.15. The van der Waals surface area contributed by atoms with E-state index in [9.17, 15) is 0 Å². The van der Waals surface area contributed by atoms with Crippen LogP contribution in [0, 0.1) is 5.92 Å². The van der Waals surface area contributed by atoms with E-state index in [-0.39, 0.29) is 5.04 Å². The number of hydrogen-bond acceptors (Lipinski definition) is 1. The van der Waals surface area contributed by atoms with Gasteiger partial charge in [-0.2, -0.15) is 0 Å². The lowest BCUT2D eigenvalue weighted by atomic mass is 10.1. The Bertz CT molecular complexity index is 256. The molecule has 0 N–H and O–H groups in total. The van der Waals surface area contributed by atoms with Gasteiger partial charge in [-0.25, -0.2) is 0 Å². The van der Waals surface area contributed by atoms with Gasteiger partial charge in [0.05, 0.1) is 6.61 Å². The van der Waals surface area contributed by atoms with Crippen LogP contribution in [0.25, 0.3) is 0 Å². The van der Waals surface area contributed by atoms with Gasteiger partial charge in [0.15, 0.2) is 8.32 Å². The minimum atomic E-state index is -1.62. The van der Waals surface area contributed by atoms with Crippen molar-refractivity contribution in [2.45, 2.75) is 52.8 Å². The van der Waals surface area contributed by atoms with Crippen LogP contribution >= 0.6 is 0 Å². The topological polar surface area (TPSA) is 9.23 Å². The third kappa shape index (κ3) is 5.13. The summed E-state index contributed by atoms with van der Waals surface area (Å²) in [5.74, 6) is 0.552. The summed E-state index contributed by atoms with van der Waals surface area (Å²) in [4.78, 5) is 0. The van der Waals surface area contributed by atoms with Crippen molar-refractivity contribution in [3.8, 4) is 0 Å². The van der Waals surface area contributed by atoms with Crippen LogP contribution in [0.2, 0.25) is 18.1 Å². The van der Waals surface area contributed by atoms with Crippen molar-refractivity contribution in [2.24, 2.45) is 5.92 Å². The molecule has 0 aliphatic carbocycles. The molecule has 0 unspecified atom stereocenters. The van der Waals surface area contributed by atoms with Crippen LogP contribution in [0.1, 0.15) is 34.6 Å².